The second kappa shape index (κ2) is 5.05. The standard InChI is InChI=1S/C12H14FN5O/c1-7-9(6-18(3)17-7)16-12(19)8-4-5-15-11(14-2)10(8)13/h4-6H,1-3H3,(H,14,15)(H,16,19). The van der Waals surface area contributed by atoms with Crippen LogP contribution in [-0.2, 0) is 7.05 Å². The zero-order chi connectivity index (χ0) is 14.0. The van der Waals surface area contributed by atoms with Gasteiger partial charge < -0.3 is 10.6 Å². The van der Waals surface area contributed by atoms with Crippen molar-refractivity contribution in [2.75, 3.05) is 17.7 Å². The van der Waals surface area contributed by atoms with Crippen molar-refractivity contribution in [3.05, 3.63) is 35.5 Å². The first-order valence-electron chi connectivity index (χ1n) is 5.66. The summed E-state index contributed by atoms with van der Waals surface area (Å²) in [5.74, 6) is -1.17. The van der Waals surface area contributed by atoms with Crippen LogP contribution in [0.5, 0.6) is 0 Å². The lowest BCUT2D eigenvalue weighted by atomic mass is 10.2. The third-order valence-electron chi connectivity index (χ3n) is 2.63. The molecule has 0 aliphatic carbocycles. The highest BCUT2D eigenvalue weighted by Gasteiger charge is 2.17. The number of aromatic nitrogens is 3. The summed E-state index contributed by atoms with van der Waals surface area (Å²) in [6, 6.07) is 1.33. The molecule has 0 spiro atoms. The molecule has 1 amide bonds. The monoisotopic (exact) mass is 263 g/mol. The van der Waals surface area contributed by atoms with Gasteiger partial charge in [0.25, 0.3) is 5.91 Å². The Balaban J connectivity index is 2.28. The molecule has 0 atom stereocenters. The molecule has 2 heterocycles. The number of nitrogens with one attached hydrogen (secondary N) is 2. The molecule has 19 heavy (non-hydrogen) atoms. The van der Waals surface area contributed by atoms with Gasteiger partial charge in [-0.05, 0) is 13.0 Å². The van der Waals surface area contributed by atoms with Gasteiger partial charge in [-0.25, -0.2) is 9.37 Å². The molecule has 0 saturated carbocycles. The molecule has 0 radical (unpaired) electrons. The van der Waals surface area contributed by atoms with Crippen molar-refractivity contribution < 1.29 is 9.18 Å². The van der Waals surface area contributed by atoms with Gasteiger partial charge in [0, 0.05) is 26.5 Å². The number of carbonyl (C=O) groups is 1. The number of rotatable bonds is 3. The highest BCUT2D eigenvalue weighted by atomic mass is 19.1. The Labute approximate surface area is 109 Å². The predicted molar refractivity (Wildman–Crippen MR) is 69.6 cm³/mol. The van der Waals surface area contributed by atoms with Crippen molar-refractivity contribution in [3.8, 4) is 0 Å². The Morgan fingerprint density at radius 2 is 2.21 bits per heavy atom. The molecule has 7 heteroatoms. The maximum absolute atomic E-state index is 13.9. The van der Waals surface area contributed by atoms with Crippen molar-refractivity contribution in [1.29, 1.82) is 0 Å². The van der Waals surface area contributed by atoms with E-state index in [2.05, 4.69) is 20.7 Å². The van der Waals surface area contributed by atoms with Crippen LogP contribution >= 0.6 is 0 Å². The van der Waals surface area contributed by atoms with E-state index in [9.17, 15) is 9.18 Å². The van der Waals surface area contributed by atoms with E-state index in [4.69, 9.17) is 0 Å². The van der Waals surface area contributed by atoms with Gasteiger partial charge in [-0.2, -0.15) is 5.10 Å². The molecule has 2 aromatic rings. The fraction of sp³-hybridized carbons (Fsp3) is 0.250. The van der Waals surface area contributed by atoms with Crippen molar-refractivity contribution in [1.82, 2.24) is 14.8 Å². The summed E-state index contributed by atoms with van der Waals surface area (Å²) in [5.41, 5.74) is 1.15. The molecule has 0 aliphatic heterocycles. The first-order valence-corrected chi connectivity index (χ1v) is 5.66. The van der Waals surface area contributed by atoms with Crippen LogP contribution in [0.1, 0.15) is 16.1 Å². The third kappa shape index (κ3) is 2.54. The number of aryl methyl sites for hydroxylation is 2. The van der Waals surface area contributed by atoms with Crippen molar-refractivity contribution >= 4 is 17.4 Å². The van der Waals surface area contributed by atoms with Gasteiger partial charge in [-0.3, -0.25) is 9.48 Å². The third-order valence-corrected chi connectivity index (χ3v) is 2.63. The number of pyridine rings is 1. The van der Waals surface area contributed by atoms with Crippen molar-refractivity contribution in [2.45, 2.75) is 6.92 Å². The van der Waals surface area contributed by atoms with E-state index in [1.807, 2.05) is 0 Å². The van der Waals surface area contributed by atoms with Gasteiger partial charge >= 0.3 is 0 Å². The highest BCUT2D eigenvalue weighted by molar-refractivity contribution is 6.05. The summed E-state index contributed by atoms with van der Waals surface area (Å²) in [6.07, 6.45) is 3.03. The van der Waals surface area contributed by atoms with E-state index < -0.39 is 11.7 Å². The number of hydrogen-bond donors (Lipinski definition) is 2. The van der Waals surface area contributed by atoms with E-state index in [1.54, 1.807) is 31.9 Å². The Bertz CT molecular complexity index is 623. The van der Waals surface area contributed by atoms with Gasteiger partial charge in [0.1, 0.15) is 0 Å². The molecule has 0 fully saturated rings. The van der Waals surface area contributed by atoms with Gasteiger partial charge in [0.15, 0.2) is 11.6 Å². The van der Waals surface area contributed by atoms with Crippen molar-refractivity contribution in [3.63, 3.8) is 0 Å². The number of halogens is 1. The number of carbonyl (C=O) groups excluding carboxylic acids is 1. The Hall–Kier alpha value is -2.44. The Morgan fingerprint density at radius 1 is 1.47 bits per heavy atom. The lowest BCUT2D eigenvalue weighted by Gasteiger charge is -2.07. The van der Waals surface area contributed by atoms with E-state index >= 15 is 0 Å². The van der Waals surface area contributed by atoms with E-state index in [1.165, 1.54) is 12.3 Å². The predicted octanol–water partition coefficient (Wildman–Crippen LogP) is 1.56. The Morgan fingerprint density at radius 3 is 2.79 bits per heavy atom. The molecule has 0 aliphatic rings. The Kier molecular flexibility index (Phi) is 3.46. The van der Waals surface area contributed by atoms with Crippen LogP contribution in [0.2, 0.25) is 0 Å². The number of nitrogens with zero attached hydrogens (tertiary/aromatic N) is 3. The molecule has 2 N–H and O–H groups in total. The fourth-order valence-corrected chi connectivity index (χ4v) is 1.71. The van der Waals surface area contributed by atoms with E-state index in [0.717, 1.165) is 0 Å². The normalized spacial score (nSPS) is 10.3. The summed E-state index contributed by atoms with van der Waals surface area (Å²) in [6.45, 7) is 1.76. The van der Waals surface area contributed by atoms with E-state index in [-0.39, 0.29) is 11.4 Å². The summed E-state index contributed by atoms with van der Waals surface area (Å²) in [5, 5.41) is 9.31. The largest absolute Gasteiger partial charge is 0.371 e. The molecular formula is C12H14FN5O. The zero-order valence-electron chi connectivity index (χ0n) is 10.9. The second-order valence-corrected chi connectivity index (χ2v) is 4.03. The van der Waals surface area contributed by atoms with Crippen LogP contribution in [-0.4, -0.2) is 27.7 Å². The number of amides is 1. The van der Waals surface area contributed by atoms with E-state index in [0.29, 0.717) is 11.4 Å². The molecule has 2 rings (SSSR count). The topological polar surface area (TPSA) is 71.8 Å². The minimum atomic E-state index is -0.677. The SMILES string of the molecule is CNc1nccc(C(=O)Nc2cn(C)nc2C)c1F. The van der Waals surface area contributed by atoms with Gasteiger partial charge in [0.05, 0.1) is 16.9 Å². The molecule has 6 nitrogen and oxygen atoms in total. The van der Waals surface area contributed by atoms with Gasteiger partial charge in [-0.15, -0.1) is 0 Å². The second-order valence-electron chi connectivity index (χ2n) is 4.03. The summed E-state index contributed by atoms with van der Waals surface area (Å²) < 4.78 is 15.5. The maximum atomic E-state index is 13.9. The maximum Gasteiger partial charge on any atom is 0.258 e. The quantitative estimate of drug-likeness (QED) is 0.881. The minimum Gasteiger partial charge on any atom is -0.371 e. The average Bonchev–Trinajstić information content (AvgIpc) is 2.68. The number of anilines is 2. The van der Waals surface area contributed by atoms with Crippen LogP contribution in [0.15, 0.2) is 18.5 Å². The van der Waals surface area contributed by atoms with Crippen LogP contribution in [0.4, 0.5) is 15.9 Å². The van der Waals surface area contributed by atoms with Gasteiger partial charge in [0.2, 0.25) is 0 Å². The highest BCUT2D eigenvalue weighted by Crippen LogP contribution is 2.17. The first kappa shape index (κ1) is 13.0. The first-order chi connectivity index (χ1) is 9.02. The van der Waals surface area contributed by atoms with Crippen LogP contribution in [0, 0.1) is 12.7 Å². The molecule has 0 aromatic carbocycles. The molecular weight excluding hydrogens is 249 g/mol. The lowest BCUT2D eigenvalue weighted by molar-refractivity contribution is 0.102. The van der Waals surface area contributed by atoms with Crippen molar-refractivity contribution in [2.24, 2.45) is 7.05 Å². The molecule has 0 bridgehead atoms. The smallest absolute Gasteiger partial charge is 0.258 e. The van der Waals surface area contributed by atoms with Crippen LogP contribution in [0.25, 0.3) is 0 Å². The summed E-state index contributed by atoms with van der Waals surface area (Å²) in [7, 11) is 3.28. The van der Waals surface area contributed by atoms with Gasteiger partial charge in [-0.1, -0.05) is 0 Å². The average molecular weight is 263 g/mol. The minimum absolute atomic E-state index is 0.0376. The molecule has 0 saturated heterocycles. The van der Waals surface area contributed by atoms with Crippen LogP contribution < -0.4 is 10.6 Å². The fourth-order valence-electron chi connectivity index (χ4n) is 1.71. The summed E-state index contributed by atoms with van der Waals surface area (Å²) >= 11 is 0. The zero-order valence-corrected chi connectivity index (χ0v) is 10.9. The van der Waals surface area contributed by atoms with Crippen LogP contribution in [0.3, 0.4) is 0 Å². The molecule has 100 valence electrons. The number of hydrogen-bond acceptors (Lipinski definition) is 4. The molecule has 0 unspecified atom stereocenters. The molecule has 2 aromatic heterocycles. The summed E-state index contributed by atoms with van der Waals surface area (Å²) in [4.78, 5) is 15.8. The lowest BCUT2D eigenvalue weighted by Crippen LogP contribution is -2.15.